The van der Waals surface area contributed by atoms with Gasteiger partial charge in [-0.2, -0.15) is 0 Å². The molecule has 2 amide bonds. The number of piperazine rings is 1. The second-order valence-electron chi connectivity index (χ2n) is 9.33. The van der Waals surface area contributed by atoms with Gasteiger partial charge in [0.15, 0.2) is 0 Å². The van der Waals surface area contributed by atoms with Crippen LogP contribution in [0, 0.1) is 23.2 Å². The molecule has 1 saturated heterocycles. The number of benzene rings is 1. The number of aromatic hydroxyl groups is 1. The maximum Gasteiger partial charge on any atom is 0.254 e. The summed E-state index contributed by atoms with van der Waals surface area (Å²) in [7, 11) is 0. The maximum atomic E-state index is 13.4. The van der Waals surface area contributed by atoms with E-state index in [0.717, 1.165) is 37.0 Å². The van der Waals surface area contributed by atoms with E-state index >= 15 is 0 Å². The summed E-state index contributed by atoms with van der Waals surface area (Å²) in [5, 5.41) is 9.60. The fourth-order valence-electron chi connectivity index (χ4n) is 6.64. The zero-order valence-electron chi connectivity index (χ0n) is 15.8. The molecule has 4 bridgehead atoms. The van der Waals surface area contributed by atoms with Crippen molar-refractivity contribution in [2.75, 3.05) is 26.2 Å². The number of amides is 2. The number of carbonyl (C=O) groups is 2. The van der Waals surface area contributed by atoms with Crippen molar-refractivity contribution in [1.82, 2.24) is 9.80 Å². The Hall–Kier alpha value is -2.04. The lowest BCUT2D eigenvalue weighted by atomic mass is 9.49. The Kier molecular flexibility index (Phi) is 3.95. The topological polar surface area (TPSA) is 60.9 Å². The van der Waals surface area contributed by atoms with Crippen LogP contribution in [0.15, 0.2) is 24.3 Å². The third-order valence-electron chi connectivity index (χ3n) is 7.44. The molecule has 0 spiro atoms. The summed E-state index contributed by atoms with van der Waals surface area (Å²) >= 11 is 0. The van der Waals surface area contributed by atoms with Gasteiger partial charge in [0.25, 0.3) is 5.91 Å². The molecule has 4 saturated carbocycles. The Morgan fingerprint density at radius 2 is 1.44 bits per heavy atom. The minimum Gasteiger partial charge on any atom is -0.508 e. The molecular weight excluding hydrogens is 340 g/mol. The molecule has 0 radical (unpaired) electrons. The molecule has 4 aliphatic carbocycles. The minimum atomic E-state index is -0.0911. The van der Waals surface area contributed by atoms with Crippen molar-refractivity contribution >= 4 is 11.8 Å². The Bertz CT molecular complexity index is 731. The van der Waals surface area contributed by atoms with Gasteiger partial charge in [0.1, 0.15) is 5.75 Å². The molecule has 0 aromatic heterocycles. The number of phenols is 1. The van der Waals surface area contributed by atoms with Gasteiger partial charge in [-0.05, 0) is 74.5 Å². The van der Waals surface area contributed by atoms with E-state index in [1.807, 2.05) is 4.90 Å². The molecule has 27 heavy (non-hydrogen) atoms. The van der Waals surface area contributed by atoms with Gasteiger partial charge >= 0.3 is 0 Å². The molecule has 1 aromatic carbocycles. The maximum absolute atomic E-state index is 13.4. The number of nitrogens with zero attached hydrogens (tertiary/aromatic N) is 2. The fraction of sp³-hybridized carbons (Fsp3) is 0.636. The second-order valence-corrected chi connectivity index (χ2v) is 9.33. The number of hydrogen-bond donors (Lipinski definition) is 1. The lowest BCUT2D eigenvalue weighted by Crippen LogP contribution is -2.58. The predicted octanol–water partition coefficient (Wildman–Crippen LogP) is 2.89. The highest BCUT2D eigenvalue weighted by Gasteiger charge is 2.55. The van der Waals surface area contributed by atoms with Crippen LogP contribution < -0.4 is 0 Å². The van der Waals surface area contributed by atoms with Gasteiger partial charge < -0.3 is 14.9 Å². The van der Waals surface area contributed by atoms with E-state index in [9.17, 15) is 14.7 Å². The number of rotatable bonds is 2. The van der Waals surface area contributed by atoms with Crippen molar-refractivity contribution in [2.24, 2.45) is 23.2 Å². The van der Waals surface area contributed by atoms with E-state index in [1.54, 1.807) is 23.1 Å². The first kappa shape index (κ1) is 17.1. The number of carbonyl (C=O) groups excluding carboxylic acids is 2. The average Bonchev–Trinajstić information content (AvgIpc) is 2.66. The summed E-state index contributed by atoms with van der Waals surface area (Å²) < 4.78 is 0. The SMILES string of the molecule is O=C(c1cccc(O)c1)N1CCN(C(=O)C23CC4CC(CC(C4)C2)C3)CC1. The van der Waals surface area contributed by atoms with Crippen LogP contribution in [0.5, 0.6) is 5.75 Å². The highest BCUT2D eigenvalue weighted by molar-refractivity contribution is 5.94. The molecule has 5 heteroatoms. The lowest BCUT2D eigenvalue weighted by Gasteiger charge is -2.57. The molecule has 5 nitrogen and oxygen atoms in total. The van der Waals surface area contributed by atoms with Crippen LogP contribution in [0.4, 0.5) is 0 Å². The quantitative estimate of drug-likeness (QED) is 0.873. The third-order valence-corrected chi connectivity index (χ3v) is 7.44. The first-order chi connectivity index (χ1) is 13.0. The van der Waals surface area contributed by atoms with Crippen molar-refractivity contribution in [3.63, 3.8) is 0 Å². The lowest BCUT2D eigenvalue weighted by molar-refractivity contribution is -0.159. The van der Waals surface area contributed by atoms with Crippen molar-refractivity contribution < 1.29 is 14.7 Å². The van der Waals surface area contributed by atoms with Gasteiger partial charge in [-0.25, -0.2) is 0 Å². The first-order valence-corrected chi connectivity index (χ1v) is 10.4. The monoisotopic (exact) mass is 368 g/mol. The molecule has 0 atom stereocenters. The molecule has 6 rings (SSSR count). The molecule has 5 fully saturated rings. The van der Waals surface area contributed by atoms with Gasteiger partial charge in [0.2, 0.25) is 5.91 Å². The summed E-state index contributed by atoms with van der Waals surface area (Å²) in [4.78, 5) is 29.9. The second kappa shape index (κ2) is 6.25. The van der Waals surface area contributed by atoms with Crippen LogP contribution in [0.3, 0.4) is 0 Å². The van der Waals surface area contributed by atoms with E-state index in [2.05, 4.69) is 0 Å². The summed E-state index contributed by atoms with van der Waals surface area (Å²) in [5.41, 5.74) is 0.419. The van der Waals surface area contributed by atoms with Gasteiger partial charge in [0, 0.05) is 31.7 Å². The van der Waals surface area contributed by atoms with E-state index in [1.165, 1.54) is 25.3 Å². The van der Waals surface area contributed by atoms with E-state index in [0.29, 0.717) is 37.6 Å². The summed E-state index contributed by atoms with van der Waals surface area (Å²) in [6.07, 6.45) is 7.33. The van der Waals surface area contributed by atoms with Gasteiger partial charge in [-0.1, -0.05) is 6.07 Å². The average molecular weight is 368 g/mol. The molecule has 1 aliphatic heterocycles. The number of hydrogen-bond acceptors (Lipinski definition) is 3. The molecule has 144 valence electrons. The fourth-order valence-corrected chi connectivity index (χ4v) is 6.64. The van der Waals surface area contributed by atoms with Crippen molar-refractivity contribution in [1.29, 1.82) is 0 Å². The molecule has 1 N–H and O–H groups in total. The van der Waals surface area contributed by atoms with Crippen LogP contribution in [-0.4, -0.2) is 52.9 Å². The van der Waals surface area contributed by atoms with Crippen molar-refractivity contribution in [2.45, 2.75) is 38.5 Å². The minimum absolute atomic E-state index is 0.0622. The van der Waals surface area contributed by atoms with E-state index in [-0.39, 0.29) is 17.1 Å². The molecule has 5 aliphatic rings. The van der Waals surface area contributed by atoms with Crippen LogP contribution in [0.2, 0.25) is 0 Å². The smallest absolute Gasteiger partial charge is 0.254 e. The van der Waals surface area contributed by atoms with E-state index in [4.69, 9.17) is 0 Å². The van der Waals surface area contributed by atoms with Crippen LogP contribution in [0.25, 0.3) is 0 Å². The Balaban J connectivity index is 1.24. The first-order valence-electron chi connectivity index (χ1n) is 10.4. The van der Waals surface area contributed by atoms with E-state index < -0.39 is 0 Å². The van der Waals surface area contributed by atoms with Gasteiger partial charge in [-0.3, -0.25) is 9.59 Å². The van der Waals surface area contributed by atoms with Gasteiger partial charge in [0.05, 0.1) is 5.41 Å². The molecule has 1 heterocycles. The van der Waals surface area contributed by atoms with Crippen LogP contribution >= 0.6 is 0 Å². The third kappa shape index (κ3) is 2.91. The standard InChI is InChI=1S/C22H28N2O3/c25-19-3-1-2-18(11-19)20(26)23-4-6-24(7-5-23)21(27)22-12-15-8-16(13-22)10-17(9-15)14-22/h1-3,11,15-17,25H,4-10,12-14H2. The van der Waals surface area contributed by atoms with Gasteiger partial charge in [-0.15, -0.1) is 0 Å². The summed E-state index contributed by atoms with van der Waals surface area (Å²) in [6.45, 7) is 2.41. The zero-order chi connectivity index (χ0) is 18.6. The van der Waals surface area contributed by atoms with Crippen LogP contribution in [-0.2, 0) is 4.79 Å². The summed E-state index contributed by atoms with van der Waals surface area (Å²) in [5.74, 6) is 2.73. The normalized spacial score (nSPS) is 34.7. The molecular formula is C22H28N2O3. The van der Waals surface area contributed by atoms with Crippen molar-refractivity contribution in [3.05, 3.63) is 29.8 Å². The van der Waals surface area contributed by atoms with Crippen LogP contribution in [0.1, 0.15) is 48.9 Å². The molecule has 1 aromatic rings. The summed E-state index contributed by atoms with van der Waals surface area (Å²) in [6, 6.07) is 6.50. The highest BCUT2D eigenvalue weighted by atomic mass is 16.3. The highest BCUT2D eigenvalue weighted by Crippen LogP contribution is 2.60. The Morgan fingerprint density at radius 1 is 0.889 bits per heavy atom. The number of phenolic OH excluding ortho intramolecular Hbond substituents is 1. The Labute approximate surface area is 160 Å². The Morgan fingerprint density at radius 3 is 2.00 bits per heavy atom. The predicted molar refractivity (Wildman–Crippen MR) is 101 cm³/mol. The zero-order valence-corrected chi connectivity index (χ0v) is 15.8. The molecule has 0 unspecified atom stereocenters. The van der Waals surface area contributed by atoms with Crippen molar-refractivity contribution in [3.8, 4) is 5.75 Å². The largest absolute Gasteiger partial charge is 0.508 e.